The molecular formula is C14H19N5OS. The first-order chi connectivity index (χ1) is 9.97. The summed E-state index contributed by atoms with van der Waals surface area (Å²) in [6.45, 7) is 5.91. The van der Waals surface area contributed by atoms with Gasteiger partial charge in [0, 0.05) is 31.2 Å². The molecule has 0 saturated heterocycles. The zero-order valence-corrected chi connectivity index (χ0v) is 13.3. The molecule has 2 aromatic rings. The fourth-order valence-electron chi connectivity index (χ4n) is 2.85. The average Bonchev–Trinajstić information content (AvgIpc) is 2.84. The Bertz CT molecular complexity index is 733. The molecule has 0 unspecified atom stereocenters. The lowest BCUT2D eigenvalue weighted by atomic mass is 10.0. The van der Waals surface area contributed by atoms with Gasteiger partial charge in [-0.25, -0.2) is 0 Å². The highest BCUT2D eigenvalue weighted by Crippen LogP contribution is 2.27. The first-order valence-electron chi connectivity index (χ1n) is 7.02. The number of anilines is 1. The maximum absolute atomic E-state index is 12.8. The van der Waals surface area contributed by atoms with Crippen molar-refractivity contribution in [2.75, 3.05) is 19.3 Å². The van der Waals surface area contributed by atoms with Gasteiger partial charge in [-0.1, -0.05) is 11.3 Å². The molecule has 0 spiro atoms. The van der Waals surface area contributed by atoms with Gasteiger partial charge in [0.05, 0.1) is 5.56 Å². The van der Waals surface area contributed by atoms with Crippen molar-refractivity contribution in [1.29, 1.82) is 0 Å². The van der Waals surface area contributed by atoms with Gasteiger partial charge < -0.3 is 15.2 Å². The van der Waals surface area contributed by atoms with Crippen LogP contribution in [0.3, 0.4) is 0 Å². The molecule has 0 atom stereocenters. The zero-order chi connectivity index (χ0) is 15.1. The van der Waals surface area contributed by atoms with Gasteiger partial charge in [0.25, 0.3) is 5.56 Å². The van der Waals surface area contributed by atoms with E-state index in [-0.39, 0.29) is 11.6 Å². The third-order valence-corrected chi connectivity index (χ3v) is 4.57. The van der Waals surface area contributed by atoms with E-state index in [4.69, 9.17) is 5.73 Å². The Hall–Kier alpha value is -1.73. The molecule has 3 heterocycles. The second-order valence-electron chi connectivity index (χ2n) is 5.73. The molecule has 0 radical (unpaired) electrons. The Labute approximate surface area is 127 Å². The minimum atomic E-state index is 0.00412. The van der Waals surface area contributed by atoms with Crippen LogP contribution in [0.2, 0.25) is 0 Å². The summed E-state index contributed by atoms with van der Waals surface area (Å²) in [5.74, 6) is 0. The molecule has 2 N–H and O–H groups in total. The van der Waals surface area contributed by atoms with Crippen LogP contribution in [0.1, 0.15) is 31.1 Å². The second-order valence-corrected chi connectivity index (χ2v) is 6.74. The number of pyridine rings is 1. The van der Waals surface area contributed by atoms with E-state index >= 15 is 0 Å². The van der Waals surface area contributed by atoms with Crippen molar-refractivity contribution in [3.63, 3.8) is 0 Å². The molecule has 112 valence electrons. The summed E-state index contributed by atoms with van der Waals surface area (Å²) in [7, 11) is 2.09. The average molecular weight is 305 g/mol. The lowest BCUT2D eigenvalue weighted by Gasteiger charge is -2.29. The summed E-state index contributed by atoms with van der Waals surface area (Å²) in [5.41, 5.74) is 8.60. The molecule has 6 nitrogen and oxygen atoms in total. The summed E-state index contributed by atoms with van der Waals surface area (Å²) < 4.78 is 1.90. The van der Waals surface area contributed by atoms with Crippen LogP contribution in [0, 0.1) is 0 Å². The number of nitrogen functional groups attached to an aromatic ring is 1. The van der Waals surface area contributed by atoms with Crippen molar-refractivity contribution in [3.8, 4) is 10.6 Å². The normalized spacial score (nSPS) is 15.4. The Morgan fingerprint density at radius 1 is 1.38 bits per heavy atom. The first-order valence-corrected chi connectivity index (χ1v) is 7.84. The van der Waals surface area contributed by atoms with Gasteiger partial charge in [-0.3, -0.25) is 4.79 Å². The van der Waals surface area contributed by atoms with Crippen LogP contribution >= 0.6 is 11.3 Å². The number of aromatic nitrogens is 3. The molecular weight excluding hydrogens is 286 g/mol. The molecule has 0 aliphatic carbocycles. The third kappa shape index (κ3) is 2.47. The molecule has 0 amide bonds. The predicted molar refractivity (Wildman–Crippen MR) is 84.4 cm³/mol. The Morgan fingerprint density at radius 3 is 2.76 bits per heavy atom. The zero-order valence-electron chi connectivity index (χ0n) is 12.5. The topological polar surface area (TPSA) is 77.0 Å². The van der Waals surface area contributed by atoms with Crippen molar-refractivity contribution in [3.05, 3.63) is 27.7 Å². The SMILES string of the molecule is CC(C)n1c2c(cc(-c3nnc(N)s3)c1=O)CN(C)CC2. The molecule has 0 bridgehead atoms. The van der Waals surface area contributed by atoms with Crippen molar-refractivity contribution in [2.24, 2.45) is 0 Å². The van der Waals surface area contributed by atoms with Crippen molar-refractivity contribution >= 4 is 16.5 Å². The van der Waals surface area contributed by atoms with Crippen molar-refractivity contribution < 1.29 is 0 Å². The second kappa shape index (κ2) is 5.23. The first kappa shape index (κ1) is 14.2. The quantitative estimate of drug-likeness (QED) is 0.910. The highest BCUT2D eigenvalue weighted by Gasteiger charge is 2.23. The fraction of sp³-hybridized carbons (Fsp3) is 0.500. The summed E-state index contributed by atoms with van der Waals surface area (Å²) in [5, 5.41) is 8.84. The number of fused-ring (bicyclic) bond motifs is 1. The largest absolute Gasteiger partial charge is 0.374 e. The van der Waals surface area contributed by atoms with Crippen molar-refractivity contribution in [1.82, 2.24) is 19.7 Å². The molecule has 3 rings (SSSR count). The van der Waals surface area contributed by atoms with Gasteiger partial charge in [0.2, 0.25) is 5.13 Å². The van der Waals surface area contributed by atoms with E-state index in [1.54, 1.807) is 0 Å². The van der Waals surface area contributed by atoms with E-state index in [1.807, 2.05) is 24.5 Å². The van der Waals surface area contributed by atoms with Crippen LogP contribution in [0.4, 0.5) is 5.13 Å². The fourth-order valence-corrected chi connectivity index (χ4v) is 3.47. The smallest absolute Gasteiger partial charge is 0.261 e. The van der Waals surface area contributed by atoms with Crippen LogP contribution < -0.4 is 11.3 Å². The molecule has 0 aromatic carbocycles. The van der Waals surface area contributed by atoms with E-state index in [1.165, 1.54) is 16.9 Å². The highest BCUT2D eigenvalue weighted by atomic mass is 32.1. The van der Waals surface area contributed by atoms with Crippen LogP contribution in [-0.4, -0.2) is 33.3 Å². The van der Waals surface area contributed by atoms with Gasteiger partial charge in [-0.2, -0.15) is 0 Å². The van der Waals surface area contributed by atoms with Gasteiger partial charge in [0.1, 0.15) is 0 Å². The van der Waals surface area contributed by atoms with Gasteiger partial charge in [0.15, 0.2) is 5.01 Å². The lowest BCUT2D eigenvalue weighted by Crippen LogP contribution is -2.35. The number of rotatable bonds is 2. The van der Waals surface area contributed by atoms with Gasteiger partial charge >= 0.3 is 0 Å². The lowest BCUT2D eigenvalue weighted by molar-refractivity contribution is 0.302. The standard InChI is InChI=1S/C14H19N5OS/c1-8(2)19-11-4-5-18(3)7-9(11)6-10(13(19)20)12-16-17-14(15)21-12/h6,8H,4-5,7H2,1-3H3,(H2,15,17). The summed E-state index contributed by atoms with van der Waals surface area (Å²) in [6.07, 6.45) is 0.901. The van der Waals surface area contributed by atoms with Crippen LogP contribution in [0.15, 0.2) is 10.9 Å². The maximum atomic E-state index is 12.8. The number of likely N-dealkylation sites (N-methyl/N-ethyl adjacent to an activating group) is 1. The molecule has 7 heteroatoms. The Balaban J connectivity index is 2.25. The molecule has 21 heavy (non-hydrogen) atoms. The number of hydrogen-bond donors (Lipinski definition) is 1. The molecule has 0 fully saturated rings. The Morgan fingerprint density at radius 2 is 2.14 bits per heavy atom. The summed E-state index contributed by atoms with van der Waals surface area (Å²) in [6, 6.07) is 2.09. The van der Waals surface area contributed by atoms with E-state index in [9.17, 15) is 4.79 Å². The minimum absolute atomic E-state index is 0.00412. The van der Waals surface area contributed by atoms with E-state index in [2.05, 4.69) is 22.1 Å². The van der Waals surface area contributed by atoms with E-state index < -0.39 is 0 Å². The monoisotopic (exact) mass is 305 g/mol. The maximum Gasteiger partial charge on any atom is 0.261 e. The van der Waals surface area contributed by atoms with Crippen LogP contribution in [0.5, 0.6) is 0 Å². The number of nitrogens with two attached hydrogens (primary N) is 1. The van der Waals surface area contributed by atoms with Gasteiger partial charge in [-0.15, -0.1) is 10.2 Å². The van der Waals surface area contributed by atoms with Crippen LogP contribution in [0.25, 0.3) is 10.6 Å². The highest BCUT2D eigenvalue weighted by molar-refractivity contribution is 7.18. The van der Waals surface area contributed by atoms with Gasteiger partial charge in [-0.05, 0) is 32.5 Å². The minimum Gasteiger partial charge on any atom is -0.374 e. The third-order valence-electron chi connectivity index (χ3n) is 3.79. The number of nitrogens with zero attached hydrogens (tertiary/aromatic N) is 4. The summed E-state index contributed by atoms with van der Waals surface area (Å²) in [4.78, 5) is 15.1. The molecule has 2 aromatic heterocycles. The Kier molecular flexibility index (Phi) is 3.54. The predicted octanol–water partition coefficient (Wildman–Crippen LogP) is 1.52. The van der Waals surface area contributed by atoms with E-state index in [0.29, 0.717) is 15.7 Å². The summed E-state index contributed by atoms with van der Waals surface area (Å²) >= 11 is 1.26. The molecule has 1 aliphatic rings. The van der Waals surface area contributed by atoms with Crippen molar-refractivity contribution in [2.45, 2.75) is 32.9 Å². The molecule has 0 saturated carbocycles. The van der Waals surface area contributed by atoms with Crippen LogP contribution in [-0.2, 0) is 13.0 Å². The molecule has 1 aliphatic heterocycles. The number of hydrogen-bond acceptors (Lipinski definition) is 6. The van der Waals surface area contributed by atoms with E-state index in [0.717, 1.165) is 25.2 Å².